The third-order valence-corrected chi connectivity index (χ3v) is 4.91. The number of thiophene rings is 1. The SMILES string of the molecule is Cc1cc(S(=O)(=O)Nc2cc(C(=O)O)[nH]n2)c(C)s1. The molecule has 0 spiro atoms. The smallest absolute Gasteiger partial charge is 0.353 e. The van der Waals surface area contributed by atoms with E-state index in [0.29, 0.717) is 4.88 Å². The molecular formula is C10H11N3O4S2. The minimum atomic E-state index is -3.75. The van der Waals surface area contributed by atoms with Crippen molar-refractivity contribution in [3.8, 4) is 0 Å². The molecule has 9 heteroatoms. The number of hydrogen-bond donors (Lipinski definition) is 3. The third kappa shape index (κ3) is 2.76. The minimum Gasteiger partial charge on any atom is -0.477 e. The number of aromatic nitrogens is 2. The molecule has 0 fully saturated rings. The summed E-state index contributed by atoms with van der Waals surface area (Å²) < 4.78 is 26.5. The average molecular weight is 301 g/mol. The van der Waals surface area contributed by atoms with Crippen molar-refractivity contribution >= 4 is 33.1 Å². The summed E-state index contributed by atoms with van der Waals surface area (Å²) >= 11 is 1.38. The van der Waals surface area contributed by atoms with Crippen molar-refractivity contribution in [3.63, 3.8) is 0 Å². The normalized spacial score (nSPS) is 11.5. The number of aryl methyl sites for hydroxylation is 2. The second-order valence-electron chi connectivity index (χ2n) is 3.85. The first-order valence-corrected chi connectivity index (χ1v) is 7.48. The number of carboxylic acids is 1. The summed E-state index contributed by atoms with van der Waals surface area (Å²) in [4.78, 5) is 12.4. The van der Waals surface area contributed by atoms with E-state index in [0.717, 1.165) is 10.9 Å². The van der Waals surface area contributed by atoms with Gasteiger partial charge in [-0.3, -0.25) is 9.82 Å². The van der Waals surface area contributed by atoms with E-state index in [1.807, 2.05) is 6.92 Å². The molecule has 19 heavy (non-hydrogen) atoms. The van der Waals surface area contributed by atoms with Crippen LogP contribution in [-0.4, -0.2) is 29.7 Å². The fraction of sp³-hybridized carbons (Fsp3) is 0.200. The molecule has 0 aliphatic rings. The Hall–Kier alpha value is -1.87. The lowest BCUT2D eigenvalue weighted by atomic mass is 10.4. The Morgan fingerprint density at radius 2 is 2.11 bits per heavy atom. The molecular weight excluding hydrogens is 290 g/mol. The number of aromatic carboxylic acids is 1. The van der Waals surface area contributed by atoms with Crippen LogP contribution in [0.25, 0.3) is 0 Å². The number of sulfonamides is 1. The molecule has 0 saturated heterocycles. The number of aromatic amines is 1. The zero-order chi connectivity index (χ0) is 14.2. The summed E-state index contributed by atoms with van der Waals surface area (Å²) in [7, 11) is -3.75. The lowest BCUT2D eigenvalue weighted by Crippen LogP contribution is -2.13. The van der Waals surface area contributed by atoms with Gasteiger partial charge in [0.05, 0.1) is 0 Å². The fourth-order valence-electron chi connectivity index (χ4n) is 1.55. The van der Waals surface area contributed by atoms with Crippen molar-refractivity contribution < 1.29 is 18.3 Å². The average Bonchev–Trinajstić information content (AvgIpc) is 2.85. The van der Waals surface area contributed by atoms with Crippen LogP contribution in [0, 0.1) is 13.8 Å². The van der Waals surface area contributed by atoms with Crippen LogP contribution >= 0.6 is 11.3 Å². The van der Waals surface area contributed by atoms with Gasteiger partial charge in [0, 0.05) is 15.8 Å². The first kappa shape index (κ1) is 13.6. The highest BCUT2D eigenvalue weighted by atomic mass is 32.2. The van der Waals surface area contributed by atoms with Crippen molar-refractivity contribution in [1.82, 2.24) is 10.2 Å². The summed E-state index contributed by atoms with van der Waals surface area (Å²) in [5, 5.41) is 14.5. The van der Waals surface area contributed by atoms with Gasteiger partial charge in [0.1, 0.15) is 10.6 Å². The number of nitrogens with zero attached hydrogens (tertiary/aromatic N) is 1. The number of anilines is 1. The minimum absolute atomic E-state index is 0.0550. The van der Waals surface area contributed by atoms with Crippen LogP contribution in [-0.2, 0) is 10.0 Å². The predicted octanol–water partition coefficient (Wildman–Crippen LogP) is 1.59. The molecule has 0 aromatic carbocycles. The van der Waals surface area contributed by atoms with Crippen LogP contribution in [0.2, 0.25) is 0 Å². The van der Waals surface area contributed by atoms with Crippen molar-refractivity contribution in [2.75, 3.05) is 4.72 Å². The second-order valence-corrected chi connectivity index (χ2v) is 6.97. The van der Waals surface area contributed by atoms with Crippen molar-refractivity contribution in [2.45, 2.75) is 18.7 Å². The zero-order valence-electron chi connectivity index (χ0n) is 10.1. The highest BCUT2D eigenvalue weighted by Gasteiger charge is 2.21. The van der Waals surface area contributed by atoms with Gasteiger partial charge in [0.2, 0.25) is 0 Å². The summed E-state index contributed by atoms with van der Waals surface area (Å²) in [5.41, 5.74) is -0.184. The Bertz CT molecular complexity index is 730. The maximum atomic E-state index is 12.1. The fourth-order valence-corrected chi connectivity index (χ4v) is 4.10. The molecule has 0 bridgehead atoms. The molecule has 0 aliphatic heterocycles. The highest BCUT2D eigenvalue weighted by molar-refractivity contribution is 7.93. The first-order chi connectivity index (χ1) is 8.79. The molecule has 0 unspecified atom stereocenters. The Morgan fingerprint density at radius 1 is 1.42 bits per heavy atom. The van der Waals surface area contributed by atoms with Crippen molar-refractivity contribution in [3.05, 3.63) is 27.6 Å². The summed E-state index contributed by atoms with van der Waals surface area (Å²) in [6.07, 6.45) is 0. The Labute approximate surface area is 113 Å². The number of hydrogen-bond acceptors (Lipinski definition) is 5. The van der Waals surface area contributed by atoms with Crippen LogP contribution in [0.4, 0.5) is 5.82 Å². The van der Waals surface area contributed by atoms with Gasteiger partial charge in [0.25, 0.3) is 10.0 Å². The van der Waals surface area contributed by atoms with Gasteiger partial charge in [0.15, 0.2) is 5.82 Å². The maximum absolute atomic E-state index is 12.1. The van der Waals surface area contributed by atoms with E-state index in [2.05, 4.69) is 14.9 Å². The lowest BCUT2D eigenvalue weighted by Gasteiger charge is -2.03. The number of carbonyl (C=O) groups is 1. The highest BCUT2D eigenvalue weighted by Crippen LogP contribution is 2.26. The van der Waals surface area contributed by atoms with E-state index in [1.54, 1.807) is 13.0 Å². The summed E-state index contributed by atoms with van der Waals surface area (Å²) in [6.45, 7) is 3.52. The van der Waals surface area contributed by atoms with E-state index >= 15 is 0 Å². The molecule has 7 nitrogen and oxygen atoms in total. The van der Waals surface area contributed by atoms with E-state index in [4.69, 9.17) is 5.11 Å². The van der Waals surface area contributed by atoms with Gasteiger partial charge in [-0.15, -0.1) is 11.3 Å². The van der Waals surface area contributed by atoms with Crippen LogP contribution in [0.5, 0.6) is 0 Å². The van der Waals surface area contributed by atoms with E-state index < -0.39 is 16.0 Å². The van der Waals surface area contributed by atoms with E-state index in [-0.39, 0.29) is 16.4 Å². The summed E-state index contributed by atoms with van der Waals surface area (Å²) in [5.74, 6) is -1.26. The van der Waals surface area contributed by atoms with Gasteiger partial charge in [-0.2, -0.15) is 5.10 Å². The molecule has 2 heterocycles. The largest absolute Gasteiger partial charge is 0.477 e. The van der Waals surface area contributed by atoms with Gasteiger partial charge in [-0.05, 0) is 19.9 Å². The number of H-pyrrole nitrogens is 1. The molecule has 0 atom stereocenters. The van der Waals surface area contributed by atoms with Gasteiger partial charge in [-0.1, -0.05) is 0 Å². The molecule has 2 aromatic rings. The molecule has 0 radical (unpaired) electrons. The molecule has 3 N–H and O–H groups in total. The monoisotopic (exact) mass is 301 g/mol. The molecule has 2 aromatic heterocycles. The van der Waals surface area contributed by atoms with Gasteiger partial charge in [-0.25, -0.2) is 13.2 Å². The maximum Gasteiger partial charge on any atom is 0.353 e. The van der Waals surface area contributed by atoms with E-state index in [9.17, 15) is 13.2 Å². The second kappa shape index (κ2) is 4.67. The number of nitrogens with one attached hydrogen (secondary N) is 2. The number of rotatable bonds is 4. The van der Waals surface area contributed by atoms with Crippen LogP contribution in [0.1, 0.15) is 20.2 Å². The number of carboxylic acid groups (broad SMARTS) is 1. The van der Waals surface area contributed by atoms with Crippen LogP contribution < -0.4 is 4.72 Å². The Balaban J connectivity index is 2.31. The summed E-state index contributed by atoms with van der Waals surface area (Å²) in [6, 6.07) is 2.68. The topological polar surface area (TPSA) is 112 Å². The molecule has 0 aliphatic carbocycles. The molecule has 2 rings (SSSR count). The lowest BCUT2D eigenvalue weighted by molar-refractivity contribution is 0.0690. The quantitative estimate of drug-likeness (QED) is 0.793. The van der Waals surface area contributed by atoms with Gasteiger partial charge >= 0.3 is 5.97 Å². The molecule has 0 amide bonds. The van der Waals surface area contributed by atoms with Crippen molar-refractivity contribution in [2.24, 2.45) is 0 Å². The van der Waals surface area contributed by atoms with Crippen molar-refractivity contribution in [1.29, 1.82) is 0 Å². The Kier molecular flexibility index (Phi) is 3.33. The standard InChI is InChI=1S/C10H11N3O4S2/c1-5-3-8(6(2)18-5)19(16,17)13-9-4-7(10(14)15)11-12-9/h3-4H,1-2H3,(H,14,15)(H2,11,12,13). The van der Waals surface area contributed by atoms with Crippen LogP contribution in [0.15, 0.2) is 17.0 Å². The predicted molar refractivity (Wildman–Crippen MR) is 70.1 cm³/mol. The molecule has 0 saturated carbocycles. The first-order valence-electron chi connectivity index (χ1n) is 5.18. The van der Waals surface area contributed by atoms with Crippen LogP contribution in [0.3, 0.4) is 0 Å². The third-order valence-electron chi connectivity index (χ3n) is 2.33. The van der Waals surface area contributed by atoms with Gasteiger partial charge < -0.3 is 5.11 Å². The Morgan fingerprint density at radius 3 is 2.58 bits per heavy atom. The zero-order valence-corrected chi connectivity index (χ0v) is 11.7. The molecule has 102 valence electrons. The van der Waals surface area contributed by atoms with E-state index in [1.165, 1.54) is 11.3 Å².